The van der Waals surface area contributed by atoms with Crippen LogP contribution in [0.5, 0.6) is 0 Å². The SMILES string of the molecule is O=C(O)CCC1CCCCN1Cc1nnsc1Cl. The Morgan fingerprint density at radius 3 is 3.06 bits per heavy atom. The van der Waals surface area contributed by atoms with E-state index in [0.717, 1.165) is 25.1 Å². The molecule has 1 atom stereocenters. The van der Waals surface area contributed by atoms with E-state index in [0.29, 0.717) is 23.3 Å². The van der Waals surface area contributed by atoms with E-state index in [1.807, 2.05) is 0 Å². The van der Waals surface area contributed by atoms with E-state index in [1.165, 1.54) is 18.0 Å². The second kappa shape index (κ2) is 6.45. The highest BCUT2D eigenvalue weighted by molar-refractivity contribution is 7.10. The van der Waals surface area contributed by atoms with Gasteiger partial charge in [0.1, 0.15) is 10.0 Å². The van der Waals surface area contributed by atoms with Crippen molar-refractivity contribution in [1.82, 2.24) is 14.5 Å². The molecule has 1 fully saturated rings. The van der Waals surface area contributed by atoms with Gasteiger partial charge in [0.25, 0.3) is 0 Å². The van der Waals surface area contributed by atoms with Crippen LogP contribution in [0, 0.1) is 0 Å². The largest absolute Gasteiger partial charge is 0.481 e. The molecule has 0 saturated carbocycles. The smallest absolute Gasteiger partial charge is 0.303 e. The Bertz CT molecular complexity index is 413. The molecule has 1 saturated heterocycles. The van der Waals surface area contributed by atoms with E-state index in [4.69, 9.17) is 16.7 Å². The van der Waals surface area contributed by atoms with Gasteiger partial charge < -0.3 is 5.11 Å². The summed E-state index contributed by atoms with van der Waals surface area (Å²) >= 11 is 7.20. The summed E-state index contributed by atoms with van der Waals surface area (Å²) in [4.78, 5) is 12.9. The first-order valence-corrected chi connectivity index (χ1v) is 7.24. The van der Waals surface area contributed by atoms with Crippen molar-refractivity contribution in [2.24, 2.45) is 0 Å². The molecule has 18 heavy (non-hydrogen) atoms. The Hall–Kier alpha value is -0.720. The molecule has 0 amide bonds. The van der Waals surface area contributed by atoms with Gasteiger partial charge in [-0.3, -0.25) is 9.69 Å². The van der Waals surface area contributed by atoms with Crippen LogP contribution >= 0.6 is 23.1 Å². The average Bonchev–Trinajstić information content (AvgIpc) is 2.74. The number of carbonyl (C=O) groups is 1. The van der Waals surface area contributed by atoms with Crippen LogP contribution in [-0.2, 0) is 11.3 Å². The molecule has 1 aromatic rings. The first kappa shape index (κ1) is 13.7. The van der Waals surface area contributed by atoms with Gasteiger partial charge >= 0.3 is 5.97 Å². The number of aliphatic carboxylic acids is 1. The maximum Gasteiger partial charge on any atom is 0.303 e. The van der Waals surface area contributed by atoms with Crippen LogP contribution in [0.15, 0.2) is 0 Å². The number of rotatable bonds is 5. The lowest BCUT2D eigenvalue weighted by atomic mass is 9.98. The fourth-order valence-corrected chi connectivity index (χ4v) is 2.98. The third kappa shape index (κ3) is 3.63. The number of aromatic nitrogens is 2. The number of carboxylic acid groups (broad SMARTS) is 1. The lowest BCUT2D eigenvalue weighted by Gasteiger charge is -2.35. The summed E-state index contributed by atoms with van der Waals surface area (Å²) in [6.07, 6.45) is 4.31. The molecule has 1 aliphatic heterocycles. The van der Waals surface area contributed by atoms with Gasteiger partial charge in [-0.25, -0.2) is 0 Å². The molecule has 0 bridgehead atoms. The molecule has 5 nitrogen and oxygen atoms in total. The number of piperidine rings is 1. The van der Waals surface area contributed by atoms with Gasteiger partial charge in [-0.1, -0.05) is 22.5 Å². The highest BCUT2D eigenvalue weighted by atomic mass is 35.5. The van der Waals surface area contributed by atoms with Gasteiger partial charge in [-0.15, -0.1) is 5.10 Å². The summed E-state index contributed by atoms with van der Waals surface area (Å²) in [7, 11) is 0. The van der Waals surface area contributed by atoms with Crippen molar-refractivity contribution in [2.75, 3.05) is 6.54 Å². The molecule has 1 aromatic heterocycles. The van der Waals surface area contributed by atoms with Crippen molar-refractivity contribution in [3.8, 4) is 0 Å². The predicted molar refractivity (Wildman–Crippen MR) is 69.8 cm³/mol. The second-order valence-corrected chi connectivity index (χ2v) is 5.90. The van der Waals surface area contributed by atoms with Crippen molar-refractivity contribution in [1.29, 1.82) is 0 Å². The standard InChI is InChI=1S/C11H16ClN3O2S/c12-11-9(13-14-18-11)7-15-6-2-1-3-8(15)4-5-10(16)17/h8H,1-7H2,(H,16,17). The number of hydrogen-bond acceptors (Lipinski definition) is 5. The third-order valence-corrected chi connectivity index (χ3v) is 4.29. The van der Waals surface area contributed by atoms with Crippen LogP contribution in [0.25, 0.3) is 0 Å². The van der Waals surface area contributed by atoms with E-state index >= 15 is 0 Å². The van der Waals surface area contributed by atoms with E-state index in [2.05, 4.69) is 14.5 Å². The van der Waals surface area contributed by atoms with Crippen LogP contribution in [0.3, 0.4) is 0 Å². The summed E-state index contributed by atoms with van der Waals surface area (Å²) in [6.45, 7) is 1.66. The topological polar surface area (TPSA) is 66.3 Å². The molecule has 7 heteroatoms. The Balaban J connectivity index is 1.95. The molecule has 100 valence electrons. The van der Waals surface area contributed by atoms with E-state index in [-0.39, 0.29) is 6.42 Å². The van der Waals surface area contributed by atoms with Crippen LogP contribution in [0.4, 0.5) is 0 Å². The fraction of sp³-hybridized carbons (Fsp3) is 0.727. The summed E-state index contributed by atoms with van der Waals surface area (Å²) < 4.78 is 4.46. The third-order valence-electron chi connectivity index (χ3n) is 3.30. The van der Waals surface area contributed by atoms with Crippen LogP contribution in [0.1, 0.15) is 37.8 Å². The van der Waals surface area contributed by atoms with Gasteiger partial charge in [0.05, 0.1) is 0 Å². The Labute approximate surface area is 115 Å². The first-order valence-electron chi connectivity index (χ1n) is 6.09. The lowest BCUT2D eigenvalue weighted by Crippen LogP contribution is -2.39. The number of halogens is 1. The van der Waals surface area contributed by atoms with Gasteiger partial charge in [-0.05, 0) is 25.8 Å². The molecule has 0 radical (unpaired) electrons. The maximum absolute atomic E-state index is 10.7. The summed E-state index contributed by atoms with van der Waals surface area (Å²) in [6, 6.07) is 0.326. The molecule has 1 N–H and O–H groups in total. The maximum atomic E-state index is 10.7. The fourth-order valence-electron chi connectivity index (χ4n) is 2.37. The lowest BCUT2D eigenvalue weighted by molar-refractivity contribution is -0.137. The minimum atomic E-state index is -0.728. The summed E-state index contributed by atoms with van der Waals surface area (Å²) in [5.74, 6) is -0.728. The van der Waals surface area contributed by atoms with Crippen molar-refractivity contribution in [3.05, 3.63) is 10.0 Å². The molecular formula is C11H16ClN3O2S. The molecule has 0 aliphatic carbocycles. The van der Waals surface area contributed by atoms with E-state index in [9.17, 15) is 4.79 Å². The molecule has 1 unspecified atom stereocenters. The summed E-state index contributed by atoms with van der Waals surface area (Å²) in [5, 5.41) is 12.8. The van der Waals surface area contributed by atoms with E-state index < -0.39 is 5.97 Å². The Morgan fingerprint density at radius 1 is 1.56 bits per heavy atom. The second-order valence-electron chi connectivity index (χ2n) is 4.55. The quantitative estimate of drug-likeness (QED) is 0.902. The molecule has 0 spiro atoms. The van der Waals surface area contributed by atoms with Crippen molar-refractivity contribution in [3.63, 3.8) is 0 Å². The highest BCUT2D eigenvalue weighted by Gasteiger charge is 2.24. The van der Waals surface area contributed by atoms with Crippen molar-refractivity contribution >= 4 is 29.1 Å². The Morgan fingerprint density at radius 2 is 2.39 bits per heavy atom. The van der Waals surface area contributed by atoms with Gasteiger partial charge in [0.2, 0.25) is 0 Å². The molecule has 2 heterocycles. The molecule has 2 rings (SSSR count). The van der Waals surface area contributed by atoms with Crippen molar-refractivity contribution in [2.45, 2.75) is 44.7 Å². The van der Waals surface area contributed by atoms with Crippen LogP contribution < -0.4 is 0 Å². The number of hydrogen-bond donors (Lipinski definition) is 1. The summed E-state index contributed by atoms with van der Waals surface area (Å²) in [5.41, 5.74) is 0.809. The molecule has 0 aromatic carbocycles. The molecular weight excluding hydrogens is 274 g/mol. The van der Waals surface area contributed by atoms with Crippen molar-refractivity contribution < 1.29 is 9.90 Å². The molecule has 1 aliphatic rings. The number of likely N-dealkylation sites (tertiary alicyclic amines) is 1. The zero-order valence-corrected chi connectivity index (χ0v) is 11.6. The minimum absolute atomic E-state index is 0.226. The van der Waals surface area contributed by atoms with Gasteiger partial charge in [0.15, 0.2) is 0 Å². The zero-order chi connectivity index (χ0) is 13.0. The highest BCUT2D eigenvalue weighted by Crippen LogP contribution is 2.25. The van der Waals surface area contributed by atoms with Crippen LogP contribution in [0.2, 0.25) is 4.34 Å². The van der Waals surface area contributed by atoms with E-state index in [1.54, 1.807) is 0 Å². The monoisotopic (exact) mass is 289 g/mol. The average molecular weight is 290 g/mol. The minimum Gasteiger partial charge on any atom is -0.481 e. The number of nitrogens with zero attached hydrogens (tertiary/aromatic N) is 3. The number of carboxylic acids is 1. The zero-order valence-electron chi connectivity index (χ0n) is 10.0. The Kier molecular flexibility index (Phi) is 4.91. The van der Waals surface area contributed by atoms with Gasteiger partial charge in [0, 0.05) is 30.5 Å². The normalized spacial score (nSPS) is 21.1. The van der Waals surface area contributed by atoms with Crippen LogP contribution in [-0.4, -0.2) is 38.1 Å². The predicted octanol–water partition coefficient (Wildman–Crippen LogP) is 2.41. The first-order chi connectivity index (χ1) is 8.66. The van der Waals surface area contributed by atoms with Gasteiger partial charge in [-0.2, -0.15) is 0 Å².